The van der Waals surface area contributed by atoms with Crippen LogP contribution in [-0.4, -0.2) is 27.4 Å². The predicted octanol–water partition coefficient (Wildman–Crippen LogP) is 4.35. The lowest BCUT2D eigenvalue weighted by Gasteiger charge is -2.25. The quantitative estimate of drug-likeness (QED) is 0.679. The van der Waals surface area contributed by atoms with Crippen LogP contribution >= 0.6 is 23.2 Å². The van der Waals surface area contributed by atoms with Crippen LogP contribution in [0.15, 0.2) is 53.4 Å². The van der Waals surface area contributed by atoms with Crippen LogP contribution in [0.25, 0.3) is 0 Å². The normalized spacial score (nSPS) is 11.4. The van der Waals surface area contributed by atoms with Crippen LogP contribution in [-0.2, 0) is 14.8 Å². The lowest BCUT2D eigenvalue weighted by atomic mass is 10.1. The molecule has 2 rings (SSSR count). The molecule has 5 nitrogen and oxygen atoms in total. The molecule has 0 atom stereocenters. The molecule has 0 spiro atoms. The van der Waals surface area contributed by atoms with E-state index in [-0.39, 0.29) is 15.6 Å². The van der Waals surface area contributed by atoms with E-state index >= 15 is 0 Å². The molecule has 8 heteroatoms. The minimum absolute atomic E-state index is 0.0658. The van der Waals surface area contributed by atoms with E-state index < -0.39 is 22.5 Å². The molecule has 0 unspecified atom stereocenters. The van der Waals surface area contributed by atoms with Gasteiger partial charge in [-0.3, -0.25) is 9.10 Å². The predicted molar refractivity (Wildman–Crippen MR) is 110 cm³/mol. The van der Waals surface area contributed by atoms with Gasteiger partial charge in [-0.2, -0.15) is 0 Å². The first kappa shape index (κ1) is 21.5. The monoisotopic (exact) mass is 428 g/mol. The number of amides is 1. The summed E-state index contributed by atoms with van der Waals surface area (Å²) >= 11 is 12.2. The fourth-order valence-corrected chi connectivity index (χ4v) is 4.27. The van der Waals surface area contributed by atoms with Crippen molar-refractivity contribution in [2.24, 2.45) is 5.92 Å². The Bertz CT molecular complexity index is 887. The number of carbonyl (C=O) groups is 1. The average molecular weight is 429 g/mol. The fraction of sp³-hybridized carbons (Fsp3) is 0.316. The summed E-state index contributed by atoms with van der Waals surface area (Å²) in [5.74, 6) is 0.0167. The van der Waals surface area contributed by atoms with E-state index in [2.05, 4.69) is 5.32 Å². The molecular weight excluding hydrogens is 407 g/mol. The molecule has 1 amide bonds. The van der Waals surface area contributed by atoms with Crippen molar-refractivity contribution in [1.82, 2.24) is 5.32 Å². The molecule has 146 valence electrons. The van der Waals surface area contributed by atoms with Gasteiger partial charge >= 0.3 is 0 Å². The van der Waals surface area contributed by atoms with Gasteiger partial charge in [-0.1, -0.05) is 55.2 Å². The highest BCUT2D eigenvalue weighted by Gasteiger charge is 2.28. The third-order valence-electron chi connectivity index (χ3n) is 3.84. The topological polar surface area (TPSA) is 66.5 Å². The van der Waals surface area contributed by atoms with Gasteiger partial charge < -0.3 is 5.32 Å². The molecule has 0 aromatic heterocycles. The van der Waals surface area contributed by atoms with Crippen LogP contribution < -0.4 is 9.62 Å². The molecule has 0 heterocycles. The highest BCUT2D eigenvalue weighted by Crippen LogP contribution is 2.32. The third-order valence-corrected chi connectivity index (χ3v) is 6.17. The molecule has 2 aromatic rings. The molecule has 0 aliphatic carbocycles. The SMILES string of the molecule is CC(C)CCNC(=O)CN(c1cc(Cl)ccc1Cl)S(=O)(=O)c1ccccc1. The lowest BCUT2D eigenvalue weighted by Crippen LogP contribution is -2.41. The lowest BCUT2D eigenvalue weighted by molar-refractivity contribution is -0.119. The number of nitrogens with zero attached hydrogens (tertiary/aromatic N) is 1. The summed E-state index contributed by atoms with van der Waals surface area (Å²) in [6, 6.07) is 12.4. The standard InChI is InChI=1S/C19H22Cl2N2O3S/c1-14(2)10-11-22-19(24)13-23(18-12-15(20)8-9-17(18)21)27(25,26)16-6-4-3-5-7-16/h3-9,12,14H,10-11,13H2,1-2H3,(H,22,24). The highest BCUT2D eigenvalue weighted by molar-refractivity contribution is 7.92. The minimum atomic E-state index is -4.00. The number of rotatable bonds is 8. The summed E-state index contributed by atoms with van der Waals surface area (Å²) in [5, 5.41) is 3.26. The molecule has 0 fully saturated rings. The zero-order chi connectivity index (χ0) is 20.0. The van der Waals surface area contributed by atoms with E-state index in [4.69, 9.17) is 23.2 Å². The van der Waals surface area contributed by atoms with Gasteiger partial charge in [0.05, 0.1) is 15.6 Å². The first-order chi connectivity index (χ1) is 12.7. The molecule has 0 saturated carbocycles. The van der Waals surface area contributed by atoms with Crippen LogP contribution in [0.3, 0.4) is 0 Å². The summed E-state index contributed by atoms with van der Waals surface area (Å²) in [5.41, 5.74) is 0.159. The summed E-state index contributed by atoms with van der Waals surface area (Å²) in [6.45, 7) is 4.17. The fourth-order valence-electron chi connectivity index (χ4n) is 2.38. The summed E-state index contributed by atoms with van der Waals surface area (Å²) in [4.78, 5) is 12.5. The van der Waals surface area contributed by atoms with E-state index in [1.807, 2.05) is 13.8 Å². The van der Waals surface area contributed by atoms with Crippen molar-refractivity contribution in [1.29, 1.82) is 0 Å². The molecule has 0 aliphatic heterocycles. The maximum Gasteiger partial charge on any atom is 0.264 e. The van der Waals surface area contributed by atoms with Gasteiger partial charge in [-0.15, -0.1) is 0 Å². The number of nitrogens with one attached hydrogen (secondary N) is 1. The maximum atomic E-state index is 13.2. The van der Waals surface area contributed by atoms with Crippen molar-refractivity contribution >= 4 is 44.8 Å². The van der Waals surface area contributed by atoms with E-state index in [0.29, 0.717) is 17.5 Å². The average Bonchev–Trinajstić information content (AvgIpc) is 2.62. The van der Waals surface area contributed by atoms with Gasteiger partial charge in [0.2, 0.25) is 5.91 Å². The maximum absolute atomic E-state index is 13.2. The second kappa shape index (κ2) is 9.44. The van der Waals surface area contributed by atoms with Gasteiger partial charge in [0.1, 0.15) is 6.54 Å². The van der Waals surface area contributed by atoms with Crippen molar-refractivity contribution in [3.63, 3.8) is 0 Å². The minimum Gasteiger partial charge on any atom is -0.355 e. The number of hydrogen-bond donors (Lipinski definition) is 1. The first-order valence-corrected chi connectivity index (χ1v) is 10.7. The first-order valence-electron chi connectivity index (χ1n) is 8.51. The Balaban J connectivity index is 2.37. The molecule has 0 aliphatic rings. The number of halogens is 2. The Hall–Kier alpha value is -1.76. The van der Waals surface area contributed by atoms with Crippen LogP contribution in [0, 0.1) is 5.92 Å². The van der Waals surface area contributed by atoms with Crippen molar-refractivity contribution in [2.75, 3.05) is 17.4 Å². The Morgan fingerprint density at radius 3 is 2.41 bits per heavy atom. The van der Waals surface area contributed by atoms with E-state index in [0.717, 1.165) is 10.7 Å². The van der Waals surface area contributed by atoms with E-state index in [1.54, 1.807) is 24.3 Å². The second-order valence-corrected chi connectivity index (χ2v) is 9.16. The molecule has 27 heavy (non-hydrogen) atoms. The largest absolute Gasteiger partial charge is 0.355 e. The molecule has 0 bridgehead atoms. The number of sulfonamides is 1. The number of anilines is 1. The van der Waals surface area contributed by atoms with Gasteiger partial charge in [0, 0.05) is 11.6 Å². The third kappa shape index (κ3) is 5.86. The van der Waals surface area contributed by atoms with Gasteiger partial charge in [0.25, 0.3) is 10.0 Å². The van der Waals surface area contributed by atoms with E-state index in [9.17, 15) is 13.2 Å². The van der Waals surface area contributed by atoms with Gasteiger partial charge in [-0.05, 0) is 42.7 Å². The summed E-state index contributed by atoms with van der Waals surface area (Å²) in [6.07, 6.45) is 0.801. The van der Waals surface area contributed by atoms with Gasteiger partial charge in [0.15, 0.2) is 0 Å². The molecule has 0 saturated heterocycles. The Morgan fingerprint density at radius 2 is 1.78 bits per heavy atom. The Labute approximate surface area is 170 Å². The van der Waals surface area contributed by atoms with Crippen molar-refractivity contribution in [2.45, 2.75) is 25.2 Å². The zero-order valence-corrected chi connectivity index (χ0v) is 17.5. The van der Waals surface area contributed by atoms with Crippen LogP contribution in [0.5, 0.6) is 0 Å². The van der Waals surface area contributed by atoms with Crippen LogP contribution in [0.4, 0.5) is 5.69 Å². The highest BCUT2D eigenvalue weighted by atomic mass is 35.5. The van der Waals surface area contributed by atoms with Gasteiger partial charge in [-0.25, -0.2) is 8.42 Å². The molecule has 1 N–H and O–H groups in total. The second-order valence-electron chi connectivity index (χ2n) is 6.45. The zero-order valence-electron chi connectivity index (χ0n) is 15.2. The number of benzene rings is 2. The molecule has 0 radical (unpaired) electrons. The number of hydrogen-bond acceptors (Lipinski definition) is 3. The van der Waals surface area contributed by atoms with Crippen molar-refractivity contribution in [3.8, 4) is 0 Å². The van der Waals surface area contributed by atoms with Crippen LogP contribution in [0.1, 0.15) is 20.3 Å². The number of carbonyl (C=O) groups excluding carboxylic acids is 1. The molecular formula is C19H22Cl2N2O3S. The summed E-state index contributed by atoms with van der Waals surface area (Å²) < 4.78 is 27.3. The van der Waals surface area contributed by atoms with Crippen molar-refractivity contribution < 1.29 is 13.2 Å². The molecule has 2 aromatic carbocycles. The Morgan fingerprint density at radius 1 is 1.11 bits per heavy atom. The van der Waals surface area contributed by atoms with E-state index in [1.165, 1.54) is 24.3 Å². The van der Waals surface area contributed by atoms with Crippen molar-refractivity contribution in [3.05, 3.63) is 58.6 Å². The van der Waals surface area contributed by atoms with Crippen LogP contribution in [0.2, 0.25) is 10.0 Å². The Kier molecular flexibility index (Phi) is 7.53. The summed E-state index contributed by atoms with van der Waals surface area (Å²) in [7, 11) is -4.00. The smallest absolute Gasteiger partial charge is 0.264 e.